The molecule has 0 bridgehead atoms. The largest absolute Gasteiger partial charge is 0.497 e. The molecule has 0 heterocycles. The Hall–Kier alpha value is -1.13. The van der Waals surface area contributed by atoms with Gasteiger partial charge in [-0.05, 0) is 37.0 Å². The van der Waals surface area contributed by atoms with Crippen LogP contribution in [0, 0.1) is 11.7 Å². The van der Waals surface area contributed by atoms with Crippen molar-refractivity contribution in [2.24, 2.45) is 11.7 Å². The van der Waals surface area contributed by atoms with Gasteiger partial charge >= 0.3 is 0 Å². The Morgan fingerprint density at radius 1 is 1.32 bits per heavy atom. The van der Waals surface area contributed by atoms with E-state index in [0.717, 1.165) is 25.7 Å². The van der Waals surface area contributed by atoms with Crippen LogP contribution < -0.4 is 10.5 Å². The smallest absolute Gasteiger partial charge is 0.128 e. The summed E-state index contributed by atoms with van der Waals surface area (Å²) in [7, 11) is 1.53. The summed E-state index contributed by atoms with van der Waals surface area (Å²) in [6, 6.07) is 3.77. The molecule has 1 aliphatic rings. The number of aliphatic hydroxyl groups is 1. The van der Waals surface area contributed by atoms with Crippen LogP contribution in [0.25, 0.3) is 0 Å². The van der Waals surface area contributed by atoms with Crippen molar-refractivity contribution in [3.63, 3.8) is 0 Å². The first-order valence-corrected chi connectivity index (χ1v) is 6.90. The SMILES string of the molecule is COc1ccc(F)c([C@@H](N)[C@@H](O)C2CCCCC2)c1. The highest BCUT2D eigenvalue weighted by atomic mass is 19.1. The molecule has 0 unspecified atom stereocenters. The summed E-state index contributed by atoms with van der Waals surface area (Å²) >= 11 is 0. The van der Waals surface area contributed by atoms with Gasteiger partial charge < -0.3 is 15.6 Å². The van der Waals surface area contributed by atoms with Crippen molar-refractivity contribution >= 4 is 0 Å². The molecule has 0 radical (unpaired) electrons. The number of methoxy groups -OCH3 is 1. The maximum atomic E-state index is 13.8. The Morgan fingerprint density at radius 3 is 2.63 bits per heavy atom. The maximum absolute atomic E-state index is 13.8. The number of benzene rings is 1. The van der Waals surface area contributed by atoms with E-state index >= 15 is 0 Å². The van der Waals surface area contributed by atoms with Crippen molar-refractivity contribution in [3.8, 4) is 5.75 Å². The number of nitrogens with two attached hydrogens (primary N) is 1. The normalized spacial score (nSPS) is 20.0. The number of ether oxygens (including phenoxy) is 1. The first-order chi connectivity index (χ1) is 9.13. The van der Waals surface area contributed by atoms with E-state index in [2.05, 4.69) is 0 Å². The highest BCUT2D eigenvalue weighted by Crippen LogP contribution is 2.33. The predicted molar refractivity (Wildman–Crippen MR) is 72.5 cm³/mol. The van der Waals surface area contributed by atoms with Gasteiger partial charge in [0.1, 0.15) is 11.6 Å². The molecule has 4 heteroatoms. The Bertz CT molecular complexity index is 419. The Kier molecular flexibility index (Phi) is 4.77. The predicted octanol–water partition coefficient (Wildman–Crippen LogP) is 2.78. The first kappa shape index (κ1) is 14.3. The Morgan fingerprint density at radius 2 is 2.00 bits per heavy atom. The highest BCUT2D eigenvalue weighted by molar-refractivity contribution is 5.32. The lowest BCUT2D eigenvalue weighted by atomic mass is 9.81. The fourth-order valence-electron chi connectivity index (χ4n) is 2.86. The van der Waals surface area contributed by atoms with E-state index in [9.17, 15) is 9.50 Å². The summed E-state index contributed by atoms with van der Waals surface area (Å²) in [6.45, 7) is 0. The van der Waals surface area contributed by atoms with E-state index in [1.807, 2.05) is 0 Å². The second-order valence-electron chi connectivity index (χ2n) is 5.30. The van der Waals surface area contributed by atoms with E-state index in [4.69, 9.17) is 10.5 Å². The summed E-state index contributed by atoms with van der Waals surface area (Å²) in [5.41, 5.74) is 6.38. The molecule has 1 aliphatic carbocycles. The summed E-state index contributed by atoms with van der Waals surface area (Å²) < 4.78 is 18.9. The van der Waals surface area contributed by atoms with Crippen molar-refractivity contribution in [2.45, 2.75) is 44.2 Å². The second-order valence-corrected chi connectivity index (χ2v) is 5.30. The topological polar surface area (TPSA) is 55.5 Å². The van der Waals surface area contributed by atoms with Crippen molar-refractivity contribution in [3.05, 3.63) is 29.6 Å². The molecule has 106 valence electrons. The van der Waals surface area contributed by atoms with E-state index in [1.165, 1.54) is 19.6 Å². The van der Waals surface area contributed by atoms with Gasteiger partial charge in [-0.25, -0.2) is 4.39 Å². The van der Waals surface area contributed by atoms with Crippen LogP contribution in [0.4, 0.5) is 4.39 Å². The molecule has 2 rings (SSSR count). The van der Waals surface area contributed by atoms with Gasteiger partial charge in [-0.1, -0.05) is 19.3 Å². The average Bonchev–Trinajstić information content (AvgIpc) is 2.47. The van der Waals surface area contributed by atoms with Crippen LogP contribution in [0.1, 0.15) is 43.7 Å². The number of rotatable bonds is 4. The van der Waals surface area contributed by atoms with Gasteiger partial charge in [0.05, 0.1) is 19.3 Å². The molecule has 1 aromatic carbocycles. The van der Waals surface area contributed by atoms with Crippen molar-refractivity contribution in [1.82, 2.24) is 0 Å². The standard InChI is InChI=1S/C15H22FNO2/c1-19-11-7-8-13(16)12(9-11)14(17)15(18)10-5-3-2-4-6-10/h7-10,14-15,18H,2-6,17H2,1H3/t14-,15+/m1/s1. The Balaban J connectivity index is 2.15. The lowest BCUT2D eigenvalue weighted by molar-refractivity contribution is 0.0607. The van der Waals surface area contributed by atoms with Crippen LogP contribution in [0.2, 0.25) is 0 Å². The molecular weight excluding hydrogens is 245 g/mol. The number of hydrogen-bond acceptors (Lipinski definition) is 3. The van der Waals surface area contributed by atoms with Crippen LogP contribution in [0.15, 0.2) is 18.2 Å². The highest BCUT2D eigenvalue weighted by Gasteiger charge is 2.29. The molecule has 2 atom stereocenters. The fraction of sp³-hybridized carbons (Fsp3) is 0.600. The Labute approximate surface area is 113 Å². The molecule has 1 saturated carbocycles. The molecule has 1 fully saturated rings. The zero-order valence-corrected chi connectivity index (χ0v) is 11.3. The molecule has 0 amide bonds. The quantitative estimate of drug-likeness (QED) is 0.882. The molecule has 1 aromatic rings. The minimum Gasteiger partial charge on any atom is -0.497 e. The molecule has 0 saturated heterocycles. The monoisotopic (exact) mass is 267 g/mol. The molecule has 0 spiro atoms. The van der Waals surface area contributed by atoms with Gasteiger partial charge in [0.2, 0.25) is 0 Å². The number of hydrogen-bond donors (Lipinski definition) is 2. The molecule has 3 nitrogen and oxygen atoms in total. The first-order valence-electron chi connectivity index (χ1n) is 6.90. The van der Waals surface area contributed by atoms with Crippen molar-refractivity contribution in [1.29, 1.82) is 0 Å². The van der Waals surface area contributed by atoms with Crippen LogP contribution in [-0.2, 0) is 0 Å². The summed E-state index contributed by atoms with van der Waals surface area (Å²) in [6.07, 6.45) is 4.71. The van der Waals surface area contributed by atoms with Crippen LogP contribution in [0.3, 0.4) is 0 Å². The zero-order chi connectivity index (χ0) is 13.8. The average molecular weight is 267 g/mol. The maximum Gasteiger partial charge on any atom is 0.128 e. The van der Waals surface area contributed by atoms with Crippen molar-refractivity contribution < 1.29 is 14.2 Å². The minimum atomic E-state index is -0.696. The molecule has 0 aromatic heterocycles. The minimum absolute atomic E-state index is 0.175. The van der Waals surface area contributed by atoms with Crippen LogP contribution in [-0.4, -0.2) is 18.3 Å². The van der Waals surface area contributed by atoms with Crippen molar-refractivity contribution in [2.75, 3.05) is 7.11 Å². The molecular formula is C15H22FNO2. The zero-order valence-electron chi connectivity index (χ0n) is 11.3. The molecule has 19 heavy (non-hydrogen) atoms. The third-order valence-corrected chi connectivity index (χ3v) is 4.06. The third-order valence-electron chi connectivity index (χ3n) is 4.06. The van der Waals surface area contributed by atoms with Crippen LogP contribution in [0.5, 0.6) is 5.75 Å². The van der Waals surface area contributed by atoms with Gasteiger partial charge in [0, 0.05) is 5.56 Å². The number of halogens is 1. The summed E-state index contributed by atoms with van der Waals surface area (Å²) in [4.78, 5) is 0. The van der Waals surface area contributed by atoms with Gasteiger partial charge in [-0.2, -0.15) is 0 Å². The fourth-order valence-corrected chi connectivity index (χ4v) is 2.86. The lowest BCUT2D eigenvalue weighted by Crippen LogP contribution is -2.34. The van der Waals surface area contributed by atoms with Gasteiger partial charge in [-0.15, -0.1) is 0 Å². The molecule has 3 N–H and O–H groups in total. The second kappa shape index (κ2) is 6.35. The van der Waals surface area contributed by atoms with E-state index in [1.54, 1.807) is 12.1 Å². The van der Waals surface area contributed by atoms with E-state index in [-0.39, 0.29) is 11.7 Å². The van der Waals surface area contributed by atoms with Crippen LogP contribution >= 0.6 is 0 Å². The number of aliphatic hydroxyl groups excluding tert-OH is 1. The van der Waals surface area contributed by atoms with E-state index < -0.39 is 12.1 Å². The summed E-state index contributed by atoms with van der Waals surface area (Å²) in [5, 5.41) is 10.4. The van der Waals surface area contributed by atoms with Gasteiger partial charge in [0.15, 0.2) is 0 Å². The third kappa shape index (κ3) is 3.25. The lowest BCUT2D eigenvalue weighted by Gasteiger charge is -2.30. The van der Waals surface area contributed by atoms with Gasteiger partial charge in [0.25, 0.3) is 0 Å². The van der Waals surface area contributed by atoms with Gasteiger partial charge in [-0.3, -0.25) is 0 Å². The van der Waals surface area contributed by atoms with E-state index in [0.29, 0.717) is 11.3 Å². The molecule has 0 aliphatic heterocycles. The summed E-state index contributed by atoms with van der Waals surface area (Å²) in [5.74, 6) is 0.347.